The van der Waals surface area contributed by atoms with E-state index in [1.807, 2.05) is 42.8 Å². The summed E-state index contributed by atoms with van der Waals surface area (Å²) < 4.78 is 2.02. The SMILES string of the molecule is CC1C(=O)N(CCO)c2cc3c(cc21)nc(-c1ccncc1)n3C. The van der Waals surface area contributed by atoms with Crippen LogP contribution in [0.15, 0.2) is 36.7 Å². The van der Waals surface area contributed by atoms with E-state index in [2.05, 4.69) is 4.98 Å². The quantitative estimate of drug-likeness (QED) is 0.801. The van der Waals surface area contributed by atoms with E-state index in [0.717, 1.165) is 33.7 Å². The molecule has 1 unspecified atom stereocenters. The molecule has 1 aliphatic rings. The Kier molecular flexibility index (Phi) is 3.35. The smallest absolute Gasteiger partial charge is 0.234 e. The van der Waals surface area contributed by atoms with E-state index in [1.165, 1.54) is 0 Å². The van der Waals surface area contributed by atoms with Gasteiger partial charge in [-0.2, -0.15) is 0 Å². The highest BCUT2D eigenvalue weighted by molar-refractivity contribution is 6.07. The molecule has 4 rings (SSSR count). The summed E-state index contributed by atoms with van der Waals surface area (Å²) in [5, 5.41) is 9.26. The molecule has 0 fully saturated rings. The molecule has 1 N–H and O–H groups in total. The molecule has 1 aliphatic heterocycles. The molecule has 6 heteroatoms. The van der Waals surface area contributed by atoms with E-state index < -0.39 is 0 Å². The van der Waals surface area contributed by atoms with Crippen molar-refractivity contribution in [2.24, 2.45) is 7.05 Å². The Balaban J connectivity index is 1.91. The van der Waals surface area contributed by atoms with Gasteiger partial charge in [0.15, 0.2) is 0 Å². The maximum absolute atomic E-state index is 12.4. The second-order valence-corrected chi connectivity index (χ2v) is 6.07. The zero-order valence-corrected chi connectivity index (χ0v) is 13.6. The zero-order valence-electron chi connectivity index (χ0n) is 13.6. The van der Waals surface area contributed by atoms with Gasteiger partial charge in [-0.15, -0.1) is 0 Å². The largest absolute Gasteiger partial charge is 0.395 e. The van der Waals surface area contributed by atoms with Gasteiger partial charge >= 0.3 is 0 Å². The maximum Gasteiger partial charge on any atom is 0.234 e. The number of hydrogen-bond acceptors (Lipinski definition) is 4. The van der Waals surface area contributed by atoms with Crippen LogP contribution in [0.5, 0.6) is 0 Å². The third-order valence-electron chi connectivity index (χ3n) is 4.69. The van der Waals surface area contributed by atoms with Crippen LogP contribution in [-0.4, -0.2) is 38.7 Å². The van der Waals surface area contributed by atoms with E-state index in [9.17, 15) is 9.90 Å². The molecule has 0 spiro atoms. The van der Waals surface area contributed by atoms with Crippen molar-refractivity contribution in [3.05, 3.63) is 42.2 Å². The Bertz CT molecular complexity index is 933. The Labute approximate surface area is 139 Å². The van der Waals surface area contributed by atoms with Crippen molar-refractivity contribution in [1.82, 2.24) is 14.5 Å². The molecule has 0 radical (unpaired) electrons. The number of carbonyl (C=O) groups is 1. The van der Waals surface area contributed by atoms with Crippen LogP contribution in [0, 0.1) is 0 Å². The molecular formula is C18H18N4O2. The molecule has 0 bridgehead atoms. The fourth-order valence-corrected chi connectivity index (χ4v) is 3.40. The van der Waals surface area contributed by atoms with Crippen molar-refractivity contribution in [3.63, 3.8) is 0 Å². The Morgan fingerprint density at radius 1 is 1.25 bits per heavy atom. The molecule has 24 heavy (non-hydrogen) atoms. The van der Waals surface area contributed by atoms with Crippen LogP contribution < -0.4 is 4.90 Å². The van der Waals surface area contributed by atoms with E-state index in [0.29, 0.717) is 6.54 Å². The summed E-state index contributed by atoms with van der Waals surface area (Å²) in [6.45, 7) is 2.16. The number of hydrogen-bond donors (Lipinski definition) is 1. The van der Waals surface area contributed by atoms with Gasteiger partial charge in [-0.05, 0) is 36.8 Å². The van der Waals surface area contributed by atoms with Gasteiger partial charge in [0.1, 0.15) is 5.82 Å². The van der Waals surface area contributed by atoms with Gasteiger partial charge in [0.05, 0.1) is 23.6 Å². The molecule has 1 atom stereocenters. The minimum Gasteiger partial charge on any atom is -0.395 e. The topological polar surface area (TPSA) is 71.2 Å². The van der Waals surface area contributed by atoms with E-state index in [-0.39, 0.29) is 18.4 Å². The number of fused-ring (bicyclic) bond motifs is 2. The van der Waals surface area contributed by atoms with Gasteiger partial charge in [-0.3, -0.25) is 9.78 Å². The van der Waals surface area contributed by atoms with Gasteiger partial charge in [-0.1, -0.05) is 0 Å². The number of rotatable bonds is 3. The fourth-order valence-electron chi connectivity index (χ4n) is 3.40. The van der Waals surface area contributed by atoms with Crippen molar-refractivity contribution < 1.29 is 9.90 Å². The number of amides is 1. The molecule has 3 heterocycles. The van der Waals surface area contributed by atoms with Gasteiger partial charge < -0.3 is 14.6 Å². The van der Waals surface area contributed by atoms with Crippen LogP contribution >= 0.6 is 0 Å². The fraction of sp³-hybridized carbons (Fsp3) is 0.278. The summed E-state index contributed by atoms with van der Waals surface area (Å²) in [5.41, 5.74) is 4.68. The number of benzene rings is 1. The first-order valence-corrected chi connectivity index (χ1v) is 7.95. The minimum atomic E-state index is -0.206. The number of aryl methyl sites for hydroxylation is 1. The standard InChI is InChI=1S/C18H18N4O2/c1-11-13-9-14-16(10-15(13)22(7-8-23)18(11)24)21(2)17(20-14)12-3-5-19-6-4-12/h3-6,9-11,23H,7-8H2,1-2H3. The lowest BCUT2D eigenvalue weighted by Crippen LogP contribution is -2.30. The first-order chi connectivity index (χ1) is 11.6. The summed E-state index contributed by atoms with van der Waals surface area (Å²) in [6.07, 6.45) is 3.50. The van der Waals surface area contributed by atoms with Gasteiger partial charge in [0, 0.05) is 37.2 Å². The highest BCUT2D eigenvalue weighted by Gasteiger charge is 2.34. The molecule has 1 amide bonds. The van der Waals surface area contributed by atoms with Gasteiger partial charge in [-0.25, -0.2) is 4.98 Å². The summed E-state index contributed by atoms with van der Waals surface area (Å²) >= 11 is 0. The second-order valence-electron chi connectivity index (χ2n) is 6.07. The van der Waals surface area contributed by atoms with E-state index in [4.69, 9.17) is 4.98 Å². The summed E-state index contributed by atoms with van der Waals surface area (Å²) in [4.78, 5) is 22.9. The Morgan fingerprint density at radius 3 is 2.71 bits per heavy atom. The van der Waals surface area contributed by atoms with Crippen LogP contribution in [0.3, 0.4) is 0 Å². The molecule has 3 aromatic rings. The maximum atomic E-state index is 12.4. The lowest BCUT2D eigenvalue weighted by Gasteiger charge is -2.16. The number of imidazole rings is 1. The lowest BCUT2D eigenvalue weighted by atomic mass is 10.0. The average molecular weight is 322 g/mol. The molecule has 6 nitrogen and oxygen atoms in total. The van der Waals surface area contributed by atoms with E-state index in [1.54, 1.807) is 17.3 Å². The monoisotopic (exact) mass is 322 g/mol. The number of carbonyl (C=O) groups excluding carboxylic acids is 1. The molecule has 122 valence electrons. The summed E-state index contributed by atoms with van der Waals surface area (Å²) in [5.74, 6) is 0.690. The number of aliphatic hydroxyl groups is 1. The highest BCUT2D eigenvalue weighted by atomic mass is 16.3. The number of aromatic nitrogens is 3. The number of anilines is 1. The van der Waals surface area contributed by atoms with Crippen LogP contribution in [0.4, 0.5) is 5.69 Å². The first kappa shape index (κ1) is 14.8. The third kappa shape index (κ3) is 2.03. The Hall–Kier alpha value is -2.73. The van der Waals surface area contributed by atoms with Crippen molar-refractivity contribution in [2.45, 2.75) is 12.8 Å². The molecule has 0 saturated heterocycles. The van der Waals surface area contributed by atoms with Crippen molar-refractivity contribution in [1.29, 1.82) is 0 Å². The number of β-amino-alcohol motifs (C(OH)–C–C–N with tert-alkyl or cyclic N) is 1. The number of pyridine rings is 1. The van der Waals surface area contributed by atoms with Crippen LogP contribution in [0.25, 0.3) is 22.4 Å². The number of aliphatic hydroxyl groups excluding tert-OH is 1. The molecular weight excluding hydrogens is 304 g/mol. The predicted octanol–water partition coefficient (Wildman–Crippen LogP) is 2.08. The molecule has 1 aromatic carbocycles. The first-order valence-electron chi connectivity index (χ1n) is 7.95. The summed E-state index contributed by atoms with van der Waals surface area (Å²) in [6, 6.07) is 7.85. The average Bonchev–Trinajstić information content (AvgIpc) is 3.05. The lowest BCUT2D eigenvalue weighted by molar-refractivity contribution is -0.119. The van der Waals surface area contributed by atoms with Crippen molar-refractivity contribution >= 4 is 22.6 Å². The molecule has 0 aliphatic carbocycles. The molecule has 2 aromatic heterocycles. The zero-order chi connectivity index (χ0) is 16.8. The van der Waals surface area contributed by atoms with Crippen LogP contribution in [-0.2, 0) is 11.8 Å². The van der Waals surface area contributed by atoms with E-state index >= 15 is 0 Å². The Morgan fingerprint density at radius 2 is 2.00 bits per heavy atom. The summed E-state index contributed by atoms with van der Waals surface area (Å²) in [7, 11) is 1.97. The number of nitrogens with zero attached hydrogens (tertiary/aromatic N) is 4. The van der Waals surface area contributed by atoms with Crippen molar-refractivity contribution in [3.8, 4) is 11.4 Å². The van der Waals surface area contributed by atoms with Crippen LogP contribution in [0.1, 0.15) is 18.4 Å². The second kappa shape index (κ2) is 5.42. The van der Waals surface area contributed by atoms with Crippen LogP contribution in [0.2, 0.25) is 0 Å². The van der Waals surface area contributed by atoms with Gasteiger partial charge in [0.2, 0.25) is 5.91 Å². The molecule has 0 saturated carbocycles. The normalized spacial score (nSPS) is 16.9. The van der Waals surface area contributed by atoms with Crippen molar-refractivity contribution in [2.75, 3.05) is 18.1 Å². The third-order valence-corrected chi connectivity index (χ3v) is 4.69. The predicted molar refractivity (Wildman–Crippen MR) is 91.8 cm³/mol. The minimum absolute atomic E-state index is 0.0312. The van der Waals surface area contributed by atoms with Gasteiger partial charge in [0.25, 0.3) is 0 Å². The highest BCUT2D eigenvalue weighted by Crippen LogP contribution is 2.40.